The fraction of sp³-hybridized carbons (Fsp3) is 0. The van der Waals surface area contributed by atoms with Gasteiger partial charge in [0.1, 0.15) is 0 Å². The molecule has 2 heteroatoms. The molecule has 0 atom stereocenters. The number of benzene rings is 1. The van der Waals surface area contributed by atoms with Crippen LogP contribution in [-0.2, 0) is 0 Å². The molecule has 0 aliphatic rings. The summed E-state index contributed by atoms with van der Waals surface area (Å²) in [5.74, 6) is 0. The van der Waals surface area contributed by atoms with Crippen LogP contribution in [-0.4, -0.2) is 11.3 Å². The minimum Gasteiger partial charge on any atom is -0.358 e. The van der Waals surface area contributed by atoms with Gasteiger partial charge in [-0.25, -0.2) is 0 Å². The van der Waals surface area contributed by atoms with Crippen molar-refractivity contribution in [2.75, 3.05) is 0 Å². The van der Waals surface area contributed by atoms with Gasteiger partial charge >= 0.3 is 0 Å². The Morgan fingerprint density at radius 2 is 2.08 bits per heavy atom. The Kier molecular flexibility index (Phi) is 1.47. The molecule has 0 fully saturated rings. The molecule has 2 rings (SSSR count). The minimum atomic E-state index is 0.658. The molecule has 0 bridgehead atoms. The fourth-order valence-corrected chi connectivity index (χ4v) is 1.35. The lowest BCUT2D eigenvalue weighted by molar-refractivity contribution is 0.112. The Labute approximate surface area is 70.2 Å². The molecule has 0 amide bonds. The van der Waals surface area contributed by atoms with Crippen molar-refractivity contribution in [2.45, 2.75) is 0 Å². The average molecular weight is 158 g/mol. The summed E-state index contributed by atoms with van der Waals surface area (Å²) in [5.41, 5.74) is 2.31. The van der Waals surface area contributed by atoms with Crippen molar-refractivity contribution in [2.24, 2.45) is 0 Å². The van der Waals surface area contributed by atoms with Crippen LogP contribution >= 0.6 is 0 Å². The minimum absolute atomic E-state index is 0.658. The van der Waals surface area contributed by atoms with Gasteiger partial charge in [-0.3, -0.25) is 4.79 Å². The Hall–Kier alpha value is -1.57. The molecular weight excluding hydrogens is 150 g/mol. The second-order valence-electron chi connectivity index (χ2n) is 2.68. The average Bonchev–Trinajstić information content (AvgIpc) is 2.40. The van der Waals surface area contributed by atoms with Gasteiger partial charge in [-0.15, -0.1) is 0 Å². The molecule has 2 aromatic rings. The van der Waals surface area contributed by atoms with Crippen LogP contribution in [0.5, 0.6) is 0 Å². The zero-order valence-corrected chi connectivity index (χ0v) is 6.50. The Morgan fingerprint density at radius 1 is 1.33 bits per heavy atom. The number of aldehydes is 1. The number of carbonyl (C=O) groups is 1. The predicted octanol–water partition coefficient (Wildman–Crippen LogP) is 2.16. The van der Waals surface area contributed by atoms with Crippen LogP contribution in [0.25, 0.3) is 10.9 Å². The van der Waals surface area contributed by atoms with Gasteiger partial charge in [-0.05, 0) is 13.0 Å². The third-order valence-electron chi connectivity index (χ3n) is 1.95. The summed E-state index contributed by atoms with van der Waals surface area (Å²) in [6.45, 7) is 3.74. The fourth-order valence-electron chi connectivity index (χ4n) is 1.35. The van der Waals surface area contributed by atoms with Gasteiger partial charge in [0.25, 0.3) is 0 Å². The first-order chi connectivity index (χ1) is 5.83. The number of aromatic amines is 1. The van der Waals surface area contributed by atoms with E-state index in [9.17, 15) is 4.79 Å². The number of fused-ring (bicyclic) bond motifs is 1. The molecule has 12 heavy (non-hydrogen) atoms. The van der Waals surface area contributed by atoms with Crippen molar-refractivity contribution in [1.29, 1.82) is 0 Å². The lowest BCUT2D eigenvalue weighted by Gasteiger charge is -1.87. The maximum absolute atomic E-state index is 10.6. The Bertz CT molecular complexity index is 428. The quantitative estimate of drug-likeness (QED) is 0.634. The Morgan fingerprint density at radius 3 is 2.83 bits per heavy atom. The number of rotatable bonds is 1. The van der Waals surface area contributed by atoms with E-state index in [4.69, 9.17) is 0 Å². The molecule has 0 unspecified atom stereocenters. The first-order valence-electron chi connectivity index (χ1n) is 3.71. The van der Waals surface area contributed by atoms with E-state index in [1.54, 1.807) is 0 Å². The highest BCUT2D eigenvalue weighted by Crippen LogP contribution is 2.19. The summed E-state index contributed by atoms with van der Waals surface area (Å²) >= 11 is 0. The normalized spacial score (nSPS) is 10.4. The Balaban J connectivity index is 2.90. The molecule has 0 spiro atoms. The summed E-state index contributed by atoms with van der Waals surface area (Å²) in [7, 11) is 0. The van der Waals surface area contributed by atoms with Crippen molar-refractivity contribution in [1.82, 2.24) is 4.98 Å². The monoisotopic (exact) mass is 158 g/mol. The second-order valence-corrected chi connectivity index (χ2v) is 2.68. The number of hydrogen-bond acceptors (Lipinski definition) is 1. The predicted molar refractivity (Wildman–Crippen MR) is 48.1 cm³/mol. The standard InChI is InChI=1S/C10H8NO/c1-7-9(6-12)8-4-2-3-5-10(8)11-7/h2-6,11H,1H2. The van der Waals surface area contributed by atoms with Crippen molar-refractivity contribution in [3.8, 4) is 0 Å². The summed E-state index contributed by atoms with van der Waals surface area (Å²) in [6, 6.07) is 7.66. The van der Waals surface area contributed by atoms with Crippen LogP contribution in [0.3, 0.4) is 0 Å². The van der Waals surface area contributed by atoms with E-state index in [0.717, 1.165) is 17.2 Å². The molecule has 2 nitrogen and oxygen atoms in total. The van der Waals surface area contributed by atoms with Crippen LogP contribution in [0.1, 0.15) is 16.1 Å². The summed E-state index contributed by atoms with van der Waals surface area (Å²) in [5, 5.41) is 0.942. The van der Waals surface area contributed by atoms with E-state index in [0.29, 0.717) is 11.3 Å². The molecular formula is C10H8NO. The summed E-state index contributed by atoms with van der Waals surface area (Å²) in [6.07, 6.45) is 0.834. The van der Waals surface area contributed by atoms with E-state index in [1.165, 1.54) is 0 Å². The van der Waals surface area contributed by atoms with E-state index in [1.807, 2.05) is 24.3 Å². The first kappa shape index (κ1) is 7.10. The molecule has 0 saturated heterocycles. The van der Waals surface area contributed by atoms with Gasteiger partial charge in [-0.2, -0.15) is 0 Å². The largest absolute Gasteiger partial charge is 0.358 e. The summed E-state index contributed by atoms with van der Waals surface area (Å²) in [4.78, 5) is 13.7. The highest BCUT2D eigenvalue weighted by atomic mass is 16.1. The van der Waals surface area contributed by atoms with Gasteiger partial charge in [0.05, 0.1) is 0 Å². The van der Waals surface area contributed by atoms with Crippen molar-refractivity contribution < 1.29 is 4.79 Å². The van der Waals surface area contributed by atoms with Gasteiger partial charge in [0, 0.05) is 22.2 Å². The number of para-hydroxylation sites is 1. The summed E-state index contributed by atoms with van der Waals surface area (Å²) < 4.78 is 0. The topological polar surface area (TPSA) is 32.9 Å². The highest BCUT2D eigenvalue weighted by molar-refractivity contribution is 5.99. The maximum Gasteiger partial charge on any atom is 0.152 e. The number of hydrogen-bond donors (Lipinski definition) is 1. The van der Waals surface area contributed by atoms with Crippen molar-refractivity contribution in [3.63, 3.8) is 0 Å². The van der Waals surface area contributed by atoms with E-state index in [2.05, 4.69) is 11.9 Å². The second kappa shape index (κ2) is 2.48. The van der Waals surface area contributed by atoms with Crippen LogP contribution < -0.4 is 0 Å². The molecule has 1 heterocycles. The van der Waals surface area contributed by atoms with Gasteiger partial charge in [0.2, 0.25) is 0 Å². The van der Waals surface area contributed by atoms with Crippen LogP contribution in [0.4, 0.5) is 0 Å². The highest BCUT2D eigenvalue weighted by Gasteiger charge is 2.04. The number of nitrogens with one attached hydrogen (secondary N) is 1. The molecule has 1 aromatic heterocycles. The number of aromatic nitrogens is 1. The third kappa shape index (κ3) is 0.848. The van der Waals surface area contributed by atoms with Crippen molar-refractivity contribution >= 4 is 17.2 Å². The number of H-pyrrole nitrogens is 1. The van der Waals surface area contributed by atoms with E-state index >= 15 is 0 Å². The smallest absolute Gasteiger partial charge is 0.152 e. The lowest BCUT2D eigenvalue weighted by atomic mass is 10.1. The molecule has 59 valence electrons. The van der Waals surface area contributed by atoms with E-state index < -0.39 is 0 Å². The zero-order chi connectivity index (χ0) is 8.55. The zero-order valence-electron chi connectivity index (χ0n) is 6.50. The molecule has 0 aliphatic heterocycles. The van der Waals surface area contributed by atoms with Gasteiger partial charge in [-0.1, -0.05) is 18.2 Å². The SMILES string of the molecule is [CH2]c1[nH]c2ccccc2c1C=O. The first-order valence-corrected chi connectivity index (χ1v) is 3.71. The van der Waals surface area contributed by atoms with Crippen LogP contribution in [0.2, 0.25) is 0 Å². The van der Waals surface area contributed by atoms with Gasteiger partial charge < -0.3 is 4.98 Å². The molecule has 1 aromatic carbocycles. The van der Waals surface area contributed by atoms with Crippen LogP contribution in [0.15, 0.2) is 24.3 Å². The third-order valence-corrected chi connectivity index (χ3v) is 1.95. The maximum atomic E-state index is 10.6. The number of carbonyl (C=O) groups excluding carboxylic acids is 1. The van der Waals surface area contributed by atoms with Gasteiger partial charge in [0.15, 0.2) is 6.29 Å². The van der Waals surface area contributed by atoms with E-state index in [-0.39, 0.29) is 0 Å². The molecule has 0 saturated carbocycles. The lowest BCUT2D eigenvalue weighted by Crippen LogP contribution is -1.79. The molecule has 0 aliphatic carbocycles. The van der Waals surface area contributed by atoms with Crippen molar-refractivity contribution in [3.05, 3.63) is 42.4 Å². The molecule has 1 radical (unpaired) electrons. The van der Waals surface area contributed by atoms with Crippen LogP contribution in [0, 0.1) is 6.92 Å². The molecule has 1 N–H and O–H groups in total.